The van der Waals surface area contributed by atoms with E-state index in [1.165, 1.54) is 18.2 Å². The van der Waals surface area contributed by atoms with Crippen molar-refractivity contribution in [1.82, 2.24) is 0 Å². The summed E-state index contributed by atoms with van der Waals surface area (Å²) in [6, 6.07) is 11.5. The van der Waals surface area contributed by atoms with E-state index in [9.17, 15) is 9.18 Å². The van der Waals surface area contributed by atoms with E-state index in [0.717, 1.165) is 18.4 Å². The fourth-order valence-electron chi connectivity index (χ4n) is 2.40. The van der Waals surface area contributed by atoms with Crippen molar-refractivity contribution >= 4 is 28.9 Å². The lowest BCUT2D eigenvalue weighted by Gasteiger charge is -2.16. The largest absolute Gasteiger partial charge is 0.399 e. The molecule has 1 amide bonds. The lowest BCUT2D eigenvalue weighted by atomic mass is 9.94. The summed E-state index contributed by atoms with van der Waals surface area (Å²) in [4.78, 5) is 12.5. The predicted octanol–water partition coefficient (Wildman–Crippen LogP) is 3.73. The van der Waals surface area contributed by atoms with Crippen molar-refractivity contribution in [2.24, 2.45) is 0 Å². The van der Waals surface area contributed by atoms with Crippen LogP contribution in [-0.2, 0) is 10.2 Å². The minimum absolute atomic E-state index is 0.00914. The van der Waals surface area contributed by atoms with Crippen molar-refractivity contribution in [1.29, 1.82) is 0 Å². The number of halogens is 2. The van der Waals surface area contributed by atoms with Crippen molar-refractivity contribution in [3.05, 3.63) is 58.9 Å². The van der Waals surface area contributed by atoms with Crippen LogP contribution in [-0.4, -0.2) is 5.91 Å². The number of nitrogen functional groups attached to an aromatic ring is 1. The smallest absolute Gasteiger partial charge is 0.235 e. The van der Waals surface area contributed by atoms with Crippen LogP contribution in [0, 0.1) is 5.82 Å². The molecule has 1 aliphatic carbocycles. The molecule has 0 aliphatic heterocycles. The van der Waals surface area contributed by atoms with Crippen LogP contribution >= 0.6 is 11.6 Å². The number of rotatable bonds is 3. The SMILES string of the molecule is Nc1ccc(C2(C(=O)Nc3ccc(F)c(Cl)c3)CC2)cc1. The first-order chi connectivity index (χ1) is 10.0. The molecule has 108 valence electrons. The maximum Gasteiger partial charge on any atom is 0.235 e. The van der Waals surface area contributed by atoms with Crippen LogP contribution in [0.3, 0.4) is 0 Å². The average Bonchev–Trinajstić information content (AvgIpc) is 3.25. The number of nitrogens with one attached hydrogen (secondary N) is 1. The van der Waals surface area contributed by atoms with Gasteiger partial charge in [-0.1, -0.05) is 23.7 Å². The predicted molar refractivity (Wildman–Crippen MR) is 81.8 cm³/mol. The topological polar surface area (TPSA) is 55.1 Å². The molecule has 0 heterocycles. The summed E-state index contributed by atoms with van der Waals surface area (Å²) in [7, 11) is 0. The summed E-state index contributed by atoms with van der Waals surface area (Å²) in [6.45, 7) is 0. The molecule has 0 unspecified atom stereocenters. The van der Waals surface area contributed by atoms with E-state index >= 15 is 0 Å². The Morgan fingerprint density at radius 3 is 2.43 bits per heavy atom. The first kappa shape index (κ1) is 13.9. The second-order valence-corrected chi connectivity index (χ2v) is 5.69. The van der Waals surface area contributed by atoms with E-state index in [-0.39, 0.29) is 10.9 Å². The molecule has 0 aromatic heterocycles. The zero-order chi connectivity index (χ0) is 15.0. The number of amides is 1. The van der Waals surface area contributed by atoms with Crippen LogP contribution in [0.25, 0.3) is 0 Å². The Balaban J connectivity index is 1.81. The maximum absolute atomic E-state index is 13.1. The Bertz CT molecular complexity index is 696. The van der Waals surface area contributed by atoms with E-state index in [1.807, 2.05) is 12.1 Å². The molecule has 1 saturated carbocycles. The number of carbonyl (C=O) groups is 1. The van der Waals surface area contributed by atoms with Gasteiger partial charge >= 0.3 is 0 Å². The number of hydrogen-bond acceptors (Lipinski definition) is 2. The molecule has 2 aromatic rings. The monoisotopic (exact) mass is 304 g/mol. The van der Waals surface area contributed by atoms with Crippen molar-refractivity contribution < 1.29 is 9.18 Å². The number of benzene rings is 2. The Hall–Kier alpha value is -2.07. The second kappa shape index (κ2) is 5.04. The summed E-state index contributed by atoms with van der Waals surface area (Å²) >= 11 is 5.72. The van der Waals surface area contributed by atoms with E-state index in [2.05, 4.69) is 5.32 Å². The van der Waals surface area contributed by atoms with E-state index in [1.54, 1.807) is 12.1 Å². The highest BCUT2D eigenvalue weighted by Crippen LogP contribution is 2.49. The van der Waals surface area contributed by atoms with Gasteiger partial charge in [-0.05, 0) is 48.7 Å². The zero-order valence-electron chi connectivity index (χ0n) is 11.2. The molecule has 1 aliphatic rings. The third-order valence-corrected chi connectivity index (χ3v) is 4.12. The van der Waals surface area contributed by atoms with Gasteiger partial charge in [0.05, 0.1) is 10.4 Å². The van der Waals surface area contributed by atoms with Gasteiger partial charge < -0.3 is 11.1 Å². The van der Waals surface area contributed by atoms with Crippen LogP contribution < -0.4 is 11.1 Å². The first-order valence-corrected chi connectivity index (χ1v) is 7.02. The fraction of sp³-hybridized carbons (Fsp3) is 0.188. The molecule has 3 nitrogen and oxygen atoms in total. The number of nitrogens with two attached hydrogens (primary N) is 1. The van der Waals surface area contributed by atoms with Gasteiger partial charge in [-0.2, -0.15) is 0 Å². The van der Waals surface area contributed by atoms with Crippen LogP contribution in [0.1, 0.15) is 18.4 Å². The molecular formula is C16H14ClFN2O. The highest BCUT2D eigenvalue weighted by atomic mass is 35.5. The molecule has 0 bridgehead atoms. The Labute approximate surface area is 126 Å². The molecule has 21 heavy (non-hydrogen) atoms. The van der Waals surface area contributed by atoms with Gasteiger partial charge in [0.15, 0.2) is 0 Å². The van der Waals surface area contributed by atoms with Crippen molar-refractivity contribution in [3.63, 3.8) is 0 Å². The zero-order valence-corrected chi connectivity index (χ0v) is 12.0. The summed E-state index contributed by atoms with van der Waals surface area (Å²) in [5.41, 5.74) is 7.27. The first-order valence-electron chi connectivity index (χ1n) is 6.64. The van der Waals surface area contributed by atoms with Crippen molar-refractivity contribution in [2.45, 2.75) is 18.3 Å². The van der Waals surface area contributed by atoms with Crippen LogP contribution in [0.15, 0.2) is 42.5 Å². The minimum Gasteiger partial charge on any atom is -0.399 e. The Morgan fingerprint density at radius 2 is 1.86 bits per heavy atom. The van der Waals surface area contributed by atoms with Crippen LogP contribution in [0.4, 0.5) is 15.8 Å². The third kappa shape index (κ3) is 2.59. The second-order valence-electron chi connectivity index (χ2n) is 5.29. The molecule has 0 atom stereocenters. The molecule has 0 radical (unpaired) electrons. The van der Waals surface area contributed by atoms with E-state index in [4.69, 9.17) is 17.3 Å². The molecule has 0 spiro atoms. The van der Waals surface area contributed by atoms with Gasteiger partial charge in [-0.25, -0.2) is 4.39 Å². The lowest BCUT2D eigenvalue weighted by Crippen LogP contribution is -2.27. The van der Waals surface area contributed by atoms with Crippen molar-refractivity contribution in [3.8, 4) is 0 Å². The van der Waals surface area contributed by atoms with Crippen LogP contribution in [0.2, 0.25) is 5.02 Å². The molecule has 1 fully saturated rings. The third-order valence-electron chi connectivity index (χ3n) is 3.83. The quantitative estimate of drug-likeness (QED) is 0.849. The number of anilines is 2. The maximum atomic E-state index is 13.1. The Kier molecular flexibility index (Phi) is 3.33. The molecule has 2 aromatic carbocycles. The minimum atomic E-state index is -0.505. The summed E-state index contributed by atoms with van der Waals surface area (Å²) in [5, 5.41) is 2.80. The van der Waals surface area contributed by atoms with Gasteiger partial charge in [-0.15, -0.1) is 0 Å². The van der Waals surface area contributed by atoms with E-state index < -0.39 is 11.2 Å². The van der Waals surface area contributed by atoms with Gasteiger partial charge in [-0.3, -0.25) is 4.79 Å². The summed E-state index contributed by atoms with van der Waals surface area (Å²) in [6.07, 6.45) is 1.58. The van der Waals surface area contributed by atoms with Crippen LogP contribution in [0.5, 0.6) is 0 Å². The van der Waals surface area contributed by atoms with Gasteiger partial charge in [0, 0.05) is 11.4 Å². The van der Waals surface area contributed by atoms with E-state index in [0.29, 0.717) is 11.4 Å². The molecule has 3 N–H and O–H groups in total. The number of carbonyl (C=O) groups excluding carboxylic acids is 1. The molecular weight excluding hydrogens is 291 g/mol. The van der Waals surface area contributed by atoms with Gasteiger partial charge in [0.2, 0.25) is 5.91 Å². The average molecular weight is 305 g/mol. The number of hydrogen-bond donors (Lipinski definition) is 2. The standard InChI is InChI=1S/C16H14ClFN2O/c17-13-9-12(5-6-14(13)18)20-15(21)16(7-8-16)10-1-3-11(19)4-2-10/h1-6,9H,7-8,19H2,(H,20,21). The summed E-state index contributed by atoms with van der Waals surface area (Å²) < 4.78 is 13.1. The fourth-order valence-corrected chi connectivity index (χ4v) is 2.58. The molecule has 0 saturated heterocycles. The highest BCUT2D eigenvalue weighted by molar-refractivity contribution is 6.31. The molecule has 3 rings (SSSR count). The summed E-state index contributed by atoms with van der Waals surface area (Å²) in [5.74, 6) is -0.607. The van der Waals surface area contributed by atoms with Crippen molar-refractivity contribution in [2.75, 3.05) is 11.1 Å². The van der Waals surface area contributed by atoms with Gasteiger partial charge in [0.25, 0.3) is 0 Å². The molecule has 5 heteroatoms. The normalized spacial score (nSPS) is 15.5. The highest BCUT2D eigenvalue weighted by Gasteiger charge is 2.51. The Morgan fingerprint density at radius 1 is 1.19 bits per heavy atom. The lowest BCUT2D eigenvalue weighted by molar-refractivity contribution is -0.118. The van der Waals surface area contributed by atoms with Gasteiger partial charge in [0.1, 0.15) is 5.82 Å².